The highest BCUT2D eigenvalue weighted by Gasteiger charge is 2.13. The first-order chi connectivity index (χ1) is 17.8. The molecule has 6 aromatic rings. The Balaban J connectivity index is 0.000000152. The van der Waals surface area contributed by atoms with Crippen LogP contribution in [0.3, 0.4) is 0 Å². The van der Waals surface area contributed by atoms with Gasteiger partial charge in [0.15, 0.2) is 11.2 Å². The fourth-order valence-corrected chi connectivity index (χ4v) is 4.26. The Bertz CT molecular complexity index is 1780. The number of halogens is 1. The highest BCUT2D eigenvalue weighted by molar-refractivity contribution is 9.10. The Labute approximate surface area is 219 Å². The van der Waals surface area contributed by atoms with Crippen LogP contribution in [-0.2, 0) is 0 Å². The highest BCUT2D eigenvalue weighted by Crippen LogP contribution is 2.29. The maximum atomic E-state index is 8.94. The molecule has 9 nitrogen and oxygen atoms in total. The molecule has 0 saturated carbocycles. The van der Waals surface area contributed by atoms with Gasteiger partial charge in [0.2, 0.25) is 11.8 Å². The minimum Gasteiger partial charge on any atom is -0.434 e. The van der Waals surface area contributed by atoms with Gasteiger partial charge in [-0.1, -0.05) is 15.9 Å². The van der Waals surface area contributed by atoms with Crippen LogP contribution in [0.5, 0.6) is 0 Å². The van der Waals surface area contributed by atoms with Crippen LogP contribution in [0.4, 0.5) is 11.4 Å². The van der Waals surface area contributed by atoms with Crippen LogP contribution in [0.2, 0.25) is 0 Å². The first-order valence-corrected chi connectivity index (χ1v) is 11.9. The fourth-order valence-electron chi connectivity index (χ4n) is 3.70. The minimum atomic E-state index is 0.424. The maximum absolute atomic E-state index is 8.94. The lowest BCUT2D eigenvalue weighted by Gasteiger charge is -1.95. The summed E-state index contributed by atoms with van der Waals surface area (Å²) in [5.41, 5.74) is 19.1. The smallest absolute Gasteiger partial charge is 0.246 e. The Morgan fingerprint density at radius 2 is 1.27 bits per heavy atom. The first kappa shape index (κ1) is 24.0. The van der Waals surface area contributed by atoms with Crippen LogP contribution in [0.1, 0.15) is 16.7 Å². The largest absolute Gasteiger partial charge is 0.434 e. The van der Waals surface area contributed by atoms with Crippen LogP contribution in [0.15, 0.2) is 74.2 Å². The zero-order valence-electron chi connectivity index (χ0n) is 19.9. The van der Waals surface area contributed by atoms with Gasteiger partial charge in [0.1, 0.15) is 22.4 Å². The number of benzene rings is 2. The van der Waals surface area contributed by atoms with Gasteiger partial charge in [-0.3, -0.25) is 0 Å². The van der Waals surface area contributed by atoms with Crippen molar-refractivity contribution >= 4 is 49.5 Å². The van der Waals surface area contributed by atoms with E-state index in [1.54, 1.807) is 48.8 Å². The number of nitrogens with two attached hydrogens (primary N) is 2. The van der Waals surface area contributed by atoms with Gasteiger partial charge in [0.25, 0.3) is 0 Å². The van der Waals surface area contributed by atoms with Crippen molar-refractivity contribution in [2.24, 2.45) is 0 Å². The third-order valence-corrected chi connectivity index (χ3v) is 5.91. The van der Waals surface area contributed by atoms with Crippen molar-refractivity contribution in [2.45, 2.75) is 13.8 Å². The first-order valence-electron chi connectivity index (χ1n) is 11.1. The van der Waals surface area contributed by atoms with E-state index in [2.05, 4.69) is 41.9 Å². The molecule has 6 rings (SSSR count). The van der Waals surface area contributed by atoms with Crippen molar-refractivity contribution in [1.82, 2.24) is 19.9 Å². The van der Waals surface area contributed by atoms with Gasteiger partial charge < -0.3 is 20.3 Å². The zero-order valence-corrected chi connectivity index (χ0v) is 21.4. The second kappa shape index (κ2) is 9.72. The number of rotatable bonds is 2. The molecule has 0 aliphatic heterocycles. The summed E-state index contributed by atoms with van der Waals surface area (Å²) in [6.45, 7) is 3.87. The number of aromatic nitrogens is 4. The topological polar surface area (TPSA) is 154 Å². The Morgan fingerprint density at radius 3 is 1.76 bits per heavy atom. The third-order valence-electron chi connectivity index (χ3n) is 5.46. The molecule has 4 aromatic heterocycles. The van der Waals surface area contributed by atoms with Crippen LogP contribution in [0.25, 0.3) is 45.4 Å². The predicted octanol–water partition coefficient (Wildman–Crippen LogP) is 6.20. The van der Waals surface area contributed by atoms with E-state index in [1.807, 2.05) is 26.0 Å². The van der Waals surface area contributed by atoms with Crippen LogP contribution >= 0.6 is 15.9 Å². The average molecular weight is 554 g/mol. The van der Waals surface area contributed by atoms with E-state index in [0.717, 1.165) is 26.7 Å². The van der Waals surface area contributed by atoms with E-state index in [-0.39, 0.29) is 0 Å². The van der Waals surface area contributed by atoms with E-state index < -0.39 is 0 Å². The summed E-state index contributed by atoms with van der Waals surface area (Å²) in [6.07, 6.45) is 3.14. The van der Waals surface area contributed by atoms with Gasteiger partial charge in [0.05, 0.1) is 35.4 Å². The molecule has 4 N–H and O–H groups in total. The number of aryl methyl sites for hydroxylation is 2. The van der Waals surface area contributed by atoms with E-state index in [1.165, 1.54) is 0 Å². The summed E-state index contributed by atoms with van der Waals surface area (Å²) in [7, 11) is 0. The molecule has 0 atom stereocenters. The van der Waals surface area contributed by atoms with Crippen molar-refractivity contribution in [3.8, 4) is 29.2 Å². The molecule has 0 amide bonds. The minimum absolute atomic E-state index is 0.424. The molecule has 0 bridgehead atoms. The van der Waals surface area contributed by atoms with E-state index in [0.29, 0.717) is 51.2 Å². The second-order valence-corrected chi connectivity index (χ2v) is 9.23. The standard InChI is InChI=1S/C14H10N4O.C13H10BrN3O/c1-8-4-9(6-15)5-12-13(8)19-14(18-12)11-3-2-10(16)7-17-11;1-7-4-8(14)5-11-12(7)18-13(17-11)10-3-2-9(15)6-16-10/h2-5,7H,16H2,1H3;2-6H,15H2,1H3. The summed E-state index contributed by atoms with van der Waals surface area (Å²) < 4.78 is 12.4. The normalized spacial score (nSPS) is 10.8. The Kier molecular flexibility index (Phi) is 6.29. The molecule has 0 fully saturated rings. The van der Waals surface area contributed by atoms with E-state index in [9.17, 15) is 0 Å². The van der Waals surface area contributed by atoms with Crippen molar-refractivity contribution in [3.05, 3.63) is 82.1 Å². The number of nitrogens with zero attached hydrogens (tertiary/aromatic N) is 5. The van der Waals surface area contributed by atoms with Crippen LogP contribution in [-0.4, -0.2) is 19.9 Å². The average Bonchev–Trinajstić information content (AvgIpc) is 3.50. The number of hydrogen-bond donors (Lipinski definition) is 2. The lowest BCUT2D eigenvalue weighted by molar-refractivity contribution is 0.614. The summed E-state index contributed by atoms with van der Waals surface area (Å²) >= 11 is 3.44. The van der Waals surface area contributed by atoms with Gasteiger partial charge in [0, 0.05) is 4.47 Å². The van der Waals surface area contributed by atoms with Gasteiger partial charge in [-0.2, -0.15) is 5.26 Å². The molecule has 182 valence electrons. The molecule has 0 aliphatic rings. The van der Waals surface area contributed by atoms with E-state index >= 15 is 0 Å². The third kappa shape index (κ3) is 4.98. The number of hydrogen-bond acceptors (Lipinski definition) is 9. The number of pyridine rings is 2. The quantitative estimate of drug-likeness (QED) is 0.255. The van der Waals surface area contributed by atoms with Crippen LogP contribution in [0, 0.1) is 25.2 Å². The Morgan fingerprint density at radius 1 is 0.757 bits per heavy atom. The van der Waals surface area contributed by atoms with Gasteiger partial charge in [-0.05, 0) is 73.5 Å². The summed E-state index contributed by atoms with van der Waals surface area (Å²) in [5.74, 6) is 0.930. The SMILES string of the molecule is Cc1cc(Br)cc2nc(-c3ccc(N)cn3)oc12.Cc1cc(C#N)cc2nc(-c3ccc(N)cn3)oc12. The molecule has 0 unspecified atom stereocenters. The monoisotopic (exact) mass is 553 g/mol. The Hall–Kier alpha value is -4.75. The number of nitriles is 1. The molecule has 0 aliphatic carbocycles. The summed E-state index contributed by atoms with van der Waals surface area (Å²) in [5, 5.41) is 8.94. The molecular formula is C27H20BrN7O2. The molecule has 0 saturated heterocycles. The van der Waals surface area contributed by atoms with Gasteiger partial charge >= 0.3 is 0 Å². The van der Waals surface area contributed by atoms with Gasteiger partial charge in [-0.25, -0.2) is 19.9 Å². The van der Waals surface area contributed by atoms with Crippen molar-refractivity contribution in [1.29, 1.82) is 5.26 Å². The lowest BCUT2D eigenvalue weighted by Crippen LogP contribution is -1.87. The summed E-state index contributed by atoms with van der Waals surface area (Å²) in [4.78, 5) is 17.2. The molecule has 37 heavy (non-hydrogen) atoms. The number of oxazole rings is 2. The van der Waals surface area contributed by atoms with E-state index in [4.69, 9.17) is 25.6 Å². The van der Waals surface area contributed by atoms with Crippen molar-refractivity contribution in [3.63, 3.8) is 0 Å². The number of fused-ring (bicyclic) bond motifs is 2. The van der Waals surface area contributed by atoms with Gasteiger partial charge in [-0.15, -0.1) is 0 Å². The lowest BCUT2D eigenvalue weighted by atomic mass is 10.1. The molecule has 10 heteroatoms. The molecule has 0 spiro atoms. The molecule has 4 heterocycles. The van der Waals surface area contributed by atoms with Crippen molar-refractivity contribution in [2.75, 3.05) is 11.5 Å². The maximum Gasteiger partial charge on any atom is 0.246 e. The predicted molar refractivity (Wildman–Crippen MR) is 145 cm³/mol. The molecular weight excluding hydrogens is 534 g/mol. The number of nitrogen functional groups attached to an aromatic ring is 2. The second-order valence-electron chi connectivity index (χ2n) is 8.32. The van der Waals surface area contributed by atoms with Crippen LogP contribution < -0.4 is 11.5 Å². The summed E-state index contributed by atoms with van der Waals surface area (Å²) in [6, 6.07) is 16.6. The zero-order chi connectivity index (χ0) is 26.1. The molecule has 0 radical (unpaired) electrons. The fraction of sp³-hybridized carbons (Fsp3) is 0.0741. The molecule has 2 aromatic carbocycles. The van der Waals surface area contributed by atoms with Crippen molar-refractivity contribution < 1.29 is 8.83 Å². The number of anilines is 2. The highest BCUT2D eigenvalue weighted by atomic mass is 79.9.